The van der Waals surface area contributed by atoms with Crippen molar-refractivity contribution in [2.45, 2.75) is 52.5 Å². The summed E-state index contributed by atoms with van der Waals surface area (Å²) in [5.74, 6) is 0.879. The summed E-state index contributed by atoms with van der Waals surface area (Å²) >= 11 is 0. The summed E-state index contributed by atoms with van der Waals surface area (Å²) in [6.07, 6.45) is 3.78. The van der Waals surface area contributed by atoms with E-state index in [9.17, 15) is 4.79 Å². The molecular weight excluding hydrogens is 260 g/mol. The Bertz CT molecular complexity index is 458. The summed E-state index contributed by atoms with van der Waals surface area (Å²) in [6, 6.07) is 6.79. The van der Waals surface area contributed by atoms with Crippen molar-refractivity contribution in [3.05, 3.63) is 34.9 Å². The first-order valence-corrected chi connectivity index (χ1v) is 8.10. The van der Waals surface area contributed by atoms with E-state index in [0.717, 1.165) is 25.9 Å². The molecule has 2 rings (SSSR count). The number of nitrogens with one attached hydrogen (secondary N) is 2. The maximum absolute atomic E-state index is 12.0. The first-order chi connectivity index (χ1) is 10.0. The van der Waals surface area contributed by atoms with Crippen LogP contribution in [0.25, 0.3) is 0 Å². The van der Waals surface area contributed by atoms with E-state index < -0.39 is 0 Å². The third-order valence-electron chi connectivity index (χ3n) is 4.17. The zero-order chi connectivity index (χ0) is 15.2. The zero-order valence-corrected chi connectivity index (χ0v) is 13.5. The van der Waals surface area contributed by atoms with Gasteiger partial charge in [-0.05, 0) is 64.6 Å². The normalized spacial score (nSPS) is 19.5. The Morgan fingerprint density at radius 2 is 2.05 bits per heavy atom. The van der Waals surface area contributed by atoms with Gasteiger partial charge in [0.2, 0.25) is 5.91 Å². The number of hydrogen-bond acceptors (Lipinski definition) is 2. The number of amides is 1. The number of aryl methyl sites for hydroxylation is 2. The maximum Gasteiger partial charge on any atom is 0.220 e. The van der Waals surface area contributed by atoms with Crippen LogP contribution in [0.4, 0.5) is 0 Å². The van der Waals surface area contributed by atoms with Crippen LogP contribution >= 0.6 is 0 Å². The second kappa shape index (κ2) is 7.60. The summed E-state index contributed by atoms with van der Waals surface area (Å²) in [6.45, 7) is 8.51. The van der Waals surface area contributed by atoms with Gasteiger partial charge in [-0.2, -0.15) is 0 Å². The molecule has 2 atom stereocenters. The standard InChI is InChI=1S/C18H28N2O/c1-13-8-14(2)10-17(9-13)11-15(3)20-18(21)5-4-16-6-7-19-12-16/h8-10,15-16,19H,4-7,11-12H2,1-3H3,(H,20,21). The predicted octanol–water partition coefficient (Wildman–Crippen LogP) is 2.74. The lowest BCUT2D eigenvalue weighted by Crippen LogP contribution is -2.34. The summed E-state index contributed by atoms with van der Waals surface area (Å²) in [7, 11) is 0. The van der Waals surface area contributed by atoms with E-state index in [1.165, 1.54) is 23.1 Å². The molecule has 0 aliphatic carbocycles. The minimum atomic E-state index is 0.193. The molecule has 1 aliphatic heterocycles. The van der Waals surface area contributed by atoms with Crippen molar-refractivity contribution in [1.29, 1.82) is 0 Å². The number of carbonyl (C=O) groups excluding carboxylic acids is 1. The Kier molecular flexibility index (Phi) is 5.80. The van der Waals surface area contributed by atoms with E-state index in [1.54, 1.807) is 0 Å². The summed E-state index contributed by atoms with van der Waals surface area (Å²) in [4.78, 5) is 12.0. The minimum Gasteiger partial charge on any atom is -0.353 e. The van der Waals surface area contributed by atoms with Crippen molar-refractivity contribution < 1.29 is 4.79 Å². The van der Waals surface area contributed by atoms with Gasteiger partial charge in [-0.1, -0.05) is 29.3 Å². The van der Waals surface area contributed by atoms with E-state index in [4.69, 9.17) is 0 Å². The molecule has 0 saturated carbocycles. The van der Waals surface area contributed by atoms with Gasteiger partial charge in [0.1, 0.15) is 0 Å². The average Bonchev–Trinajstić information content (AvgIpc) is 2.87. The highest BCUT2D eigenvalue weighted by Gasteiger charge is 2.16. The number of carbonyl (C=O) groups is 1. The molecule has 1 aromatic carbocycles. The van der Waals surface area contributed by atoms with E-state index in [0.29, 0.717) is 12.3 Å². The van der Waals surface area contributed by atoms with E-state index >= 15 is 0 Å². The lowest BCUT2D eigenvalue weighted by molar-refractivity contribution is -0.121. The lowest BCUT2D eigenvalue weighted by Gasteiger charge is -2.16. The molecule has 0 bridgehead atoms. The fourth-order valence-corrected chi connectivity index (χ4v) is 3.23. The van der Waals surface area contributed by atoms with Crippen LogP contribution in [0.2, 0.25) is 0 Å². The van der Waals surface area contributed by atoms with Gasteiger partial charge in [0, 0.05) is 12.5 Å². The molecule has 1 aliphatic rings. The molecule has 1 fully saturated rings. The molecule has 1 heterocycles. The summed E-state index contributed by atoms with van der Waals surface area (Å²) in [5.41, 5.74) is 3.88. The first-order valence-electron chi connectivity index (χ1n) is 8.10. The number of benzene rings is 1. The van der Waals surface area contributed by atoms with Crippen LogP contribution in [0, 0.1) is 19.8 Å². The monoisotopic (exact) mass is 288 g/mol. The van der Waals surface area contributed by atoms with Crippen LogP contribution in [-0.4, -0.2) is 25.0 Å². The smallest absolute Gasteiger partial charge is 0.220 e. The number of rotatable bonds is 6. The van der Waals surface area contributed by atoms with Gasteiger partial charge in [0.05, 0.1) is 0 Å². The summed E-state index contributed by atoms with van der Waals surface area (Å²) in [5, 5.41) is 6.48. The van der Waals surface area contributed by atoms with Crippen molar-refractivity contribution in [2.24, 2.45) is 5.92 Å². The van der Waals surface area contributed by atoms with Crippen LogP contribution in [0.1, 0.15) is 42.9 Å². The Balaban J connectivity index is 1.75. The van der Waals surface area contributed by atoms with Crippen LogP contribution in [0.15, 0.2) is 18.2 Å². The minimum absolute atomic E-state index is 0.193. The highest BCUT2D eigenvalue weighted by molar-refractivity contribution is 5.76. The molecule has 0 spiro atoms. The molecule has 0 radical (unpaired) electrons. The third-order valence-corrected chi connectivity index (χ3v) is 4.17. The highest BCUT2D eigenvalue weighted by Crippen LogP contribution is 2.14. The lowest BCUT2D eigenvalue weighted by atomic mass is 10.0. The molecule has 2 N–H and O–H groups in total. The van der Waals surface area contributed by atoms with Gasteiger partial charge in [-0.15, -0.1) is 0 Å². The van der Waals surface area contributed by atoms with Crippen LogP contribution in [0.5, 0.6) is 0 Å². The van der Waals surface area contributed by atoms with E-state index in [2.05, 4.69) is 49.6 Å². The van der Waals surface area contributed by atoms with Crippen molar-refractivity contribution in [3.63, 3.8) is 0 Å². The Labute approximate surface area is 128 Å². The molecule has 0 aromatic heterocycles. The second-order valence-electron chi connectivity index (χ2n) is 6.57. The maximum atomic E-state index is 12.0. The largest absolute Gasteiger partial charge is 0.353 e. The van der Waals surface area contributed by atoms with Crippen LogP contribution in [0.3, 0.4) is 0 Å². The van der Waals surface area contributed by atoms with Crippen molar-refractivity contribution in [3.8, 4) is 0 Å². The molecule has 21 heavy (non-hydrogen) atoms. The zero-order valence-electron chi connectivity index (χ0n) is 13.5. The Morgan fingerprint density at radius 3 is 2.67 bits per heavy atom. The van der Waals surface area contributed by atoms with Gasteiger partial charge >= 0.3 is 0 Å². The van der Waals surface area contributed by atoms with E-state index in [-0.39, 0.29) is 11.9 Å². The molecule has 116 valence electrons. The van der Waals surface area contributed by atoms with Crippen molar-refractivity contribution in [1.82, 2.24) is 10.6 Å². The van der Waals surface area contributed by atoms with E-state index in [1.807, 2.05) is 0 Å². The van der Waals surface area contributed by atoms with Crippen LogP contribution < -0.4 is 10.6 Å². The fourth-order valence-electron chi connectivity index (χ4n) is 3.23. The third kappa shape index (κ3) is 5.50. The highest BCUT2D eigenvalue weighted by atomic mass is 16.1. The van der Waals surface area contributed by atoms with Gasteiger partial charge in [-0.3, -0.25) is 4.79 Å². The molecule has 1 saturated heterocycles. The topological polar surface area (TPSA) is 41.1 Å². The van der Waals surface area contributed by atoms with Gasteiger partial charge < -0.3 is 10.6 Å². The van der Waals surface area contributed by atoms with Crippen LogP contribution in [-0.2, 0) is 11.2 Å². The number of hydrogen-bond donors (Lipinski definition) is 2. The van der Waals surface area contributed by atoms with Gasteiger partial charge in [0.25, 0.3) is 0 Å². The fraction of sp³-hybridized carbons (Fsp3) is 0.611. The molecule has 2 unspecified atom stereocenters. The Hall–Kier alpha value is -1.35. The SMILES string of the molecule is Cc1cc(C)cc(CC(C)NC(=O)CCC2CCNC2)c1. The second-order valence-corrected chi connectivity index (χ2v) is 6.57. The van der Waals surface area contributed by atoms with Gasteiger partial charge in [-0.25, -0.2) is 0 Å². The molecule has 1 amide bonds. The molecule has 3 nitrogen and oxygen atoms in total. The quantitative estimate of drug-likeness (QED) is 0.845. The van der Waals surface area contributed by atoms with Crippen molar-refractivity contribution >= 4 is 5.91 Å². The molecular formula is C18H28N2O. The van der Waals surface area contributed by atoms with Gasteiger partial charge in [0.15, 0.2) is 0 Å². The predicted molar refractivity (Wildman–Crippen MR) is 87.4 cm³/mol. The average molecular weight is 288 g/mol. The summed E-state index contributed by atoms with van der Waals surface area (Å²) < 4.78 is 0. The van der Waals surface area contributed by atoms with Crippen molar-refractivity contribution in [2.75, 3.05) is 13.1 Å². The molecule has 1 aromatic rings. The Morgan fingerprint density at radius 1 is 1.33 bits per heavy atom. The first kappa shape index (κ1) is 16.0. The molecule has 3 heteroatoms.